The van der Waals surface area contributed by atoms with Gasteiger partial charge in [0.05, 0.1) is 12.1 Å². The number of aryl methyl sites for hydroxylation is 1. The fraction of sp³-hybridized carbons (Fsp3) is 0.105. The molecule has 0 bridgehead atoms. The lowest BCUT2D eigenvalue weighted by molar-refractivity contribution is 0.628. The zero-order valence-corrected chi connectivity index (χ0v) is 13.6. The number of rotatable bonds is 3. The van der Waals surface area contributed by atoms with Crippen molar-refractivity contribution >= 4 is 11.2 Å². The van der Waals surface area contributed by atoms with Crippen molar-refractivity contribution in [3.05, 3.63) is 82.9 Å². The van der Waals surface area contributed by atoms with Crippen molar-refractivity contribution in [2.75, 3.05) is 0 Å². The maximum Gasteiger partial charge on any atom is 0.330 e. The molecule has 6 heteroatoms. The standard InChI is InChI=1S/C19H15FN4O/c1-23-18-17(24(19(23)25)12-13-5-7-21-8-6-13)10-15(11-22-18)14-3-2-4-16(20)9-14/h2-11H,12H2,1H3. The number of nitrogens with zero attached hydrogens (tertiary/aromatic N) is 4. The third-order valence-corrected chi connectivity index (χ3v) is 4.22. The summed E-state index contributed by atoms with van der Waals surface area (Å²) in [6.07, 6.45) is 5.05. The molecule has 0 spiro atoms. The first-order valence-electron chi connectivity index (χ1n) is 7.83. The Morgan fingerprint density at radius 2 is 1.88 bits per heavy atom. The minimum atomic E-state index is -0.306. The fourth-order valence-corrected chi connectivity index (χ4v) is 2.93. The zero-order chi connectivity index (χ0) is 17.4. The molecule has 25 heavy (non-hydrogen) atoms. The van der Waals surface area contributed by atoms with Crippen molar-refractivity contribution in [1.82, 2.24) is 19.1 Å². The molecule has 0 unspecified atom stereocenters. The molecule has 5 nitrogen and oxygen atoms in total. The average molecular weight is 334 g/mol. The highest BCUT2D eigenvalue weighted by Crippen LogP contribution is 2.23. The Hall–Kier alpha value is -3.28. The highest BCUT2D eigenvalue weighted by atomic mass is 19.1. The maximum absolute atomic E-state index is 13.5. The molecule has 0 aliphatic rings. The minimum absolute atomic E-state index is 0.143. The molecule has 0 atom stereocenters. The number of imidazole rings is 1. The van der Waals surface area contributed by atoms with Gasteiger partial charge < -0.3 is 0 Å². The summed E-state index contributed by atoms with van der Waals surface area (Å²) in [5, 5.41) is 0. The number of fused-ring (bicyclic) bond motifs is 1. The predicted octanol–water partition coefficient (Wildman–Crippen LogP) is 2.98. The molecule has 3 heterocycles. The number of halogens is 1. The predicted molar refractivity (Wildman–Crippen MR) is 93.7 cm³/mol. The molecule has 0 saturated carbocycles. The average Bonchev–Trinajstić information content (AvgIpc) is 2.87. The lowest BCUT2D eigenvalue weighted by Gasteiger charge is -2.05. The summed E-state index contributed by atoms with van der Waals surface area (Å²) in [5.74, 6) is -0.306. The van der Waals surface area contributed by atoms with Gasteiger partial charge in [-0.15, -0.1) is 0 Å². The molecule has 0 aliphatic carbocycles. The van der Waals surface area contributed by atoms with Crippen LogP contribution in [-0.2, 0) is 13.6 Å². The van der Waals surface area contributed by atoms with Crippen LogP contribution in [0.1, 0.15) is 5.56 Å². The summed E-state index contributed by atoms with van der Waals surface area (Å²) in [5.41, 5.74) is 3.63. The summed E-state index contributed by atoms with van der Waals surface area (Å²) in [7, 11) is 1.70. The highest BCUT2D eigenvalue weighted by Gasteiger charge is 2.13. The lowest BCUT2D eigenvalue weighted by Crippen LogP contribution is -2.22. The Morgan fingerprint density at radius 1 is 1.08 bits per heavy atom. The van der Waals surface area contributed by atoms with E-state index in [0.29, 0.717) is 17.7 Å². The summed E-state index contributed by atoms with van der Waals surface area (Å²) in [4.78, 5) is 21.0. The van der Waals surface area contributed by atoms with E-state index in [1.54, 1.807) is 36.3 Å². The van der Waals surface area contributed by atoms with E-state index >= 15 is 0 Å². The SMILES string of the molecule is Cn1c(=O)n(Cc2ccncc2)c2cc(-c3cccc(F)c3)cnc21. The van der Waals surface area contributed by atoms with E-state index in [1.165, 1.54) is 16.7 Å². The van der Waals surface area contributed by atoms with Crippen LogP contribution in [0, 0.1) is 5.82 Å². The molecular formula is C19H15FN4O. The van der Waals surface area contributed by atoms with E-state index in [9.17, 15) is 9.18 Å². The summed E-state index contributed by atoms with van der Waals surface area (Å²) in [6.45, 7) is 0.424. The van der Waals surface area contributed by atoms with Gasteiger partial charge in [-0.1, -0.05) is 12.1 Å². The number of hydrogen-bond acceptors (Lipinski definition) is 3. The van der Waals surface area contributed by atoms with Gasteiger partial charge in [0, 0.05) is 31.2 Å². The smallest absolute Gasteiger partial charge is 0.286 e. The second-order valence-corrected chi connectivity index (χ2v) is 5.86. The molecule has 124 valence electrons. The van der Waals surface area contributed by atoms with Crippen molar-refractivity contribution in [2.45, 2.75) is 6.54 Å². The molecule has 0 N–H and O–H groups in total. The molecular weight excluding hydrogens is 319 g/mol. The summed E-state index contributed by atoms with van der Waals surface area (Å²) >= 11 is 0. The Bertz CT molecular complexity index is 1120. The van der Waals surface area contributed by atoms with Crippen molar-refractivity contribution in [1.29, 1.82) is 0 Å². The van der Waals surface area contributed by atoms with Gasteiger partial charge in [0.2, 0.25) is 0 Å². The van der Waals surface area contributed by atoms with Crippen LogP contribution in [0.2, 0.25) is 0 Å². The molecule has 3 aromatic heterocycles. The largest absolute Gasteiger partial charge is 0.330 e. The van der Waals surface area contributed by atoms with Crippen LogP contribution in [0.25, 0.3) is 22.3 Å². The minimum Gasteiger partial charge on any atom is -0.286 e. The second-order valence-electron chi connectivity index (χ2n) is 5.86. The lowest BCUT2D eigenvalue weighted by atomic mass is 10.1. The second kappa shape index (κ2) is 5.98. The number of benzene rings is 1. The fourth-order valence-electron chi connectivity index (χ4n) is 2.93. The Balaban J connectivity index is 1.89. The van der Waals surface area contributed by atoms with Gasteiger partial charge in [0.25, 0.3) is 0 Å². The highest BCUT2D eigenvalue weighted by molar-refractivity contribution is 5.78. The van der Waals surface area contributed by atoms with E-state index in [4.69, 9.17) is 0 Å². The Labute approximate surface area is 143 Å². The summed E-state index contributed by atoms with van der Waals surface area (Å²) in [6, 6.07) is 11.9. The Morgan fingerprint density at radius 3 is 2.64 bits per heavy atom. The van der Waals surface area contributed by atoms with Gasteiger partial charge in [-0.05, 0) is 41.5 Å². The van der Waals surface area contributed by atoms with Crippen LogP contribution in [0.3, 0.4) is 0 Å². The van der Waals surface area contributed by atoms with Crippen LogP contribution in [0.15, 0.2) is 65.8 Å². The first-order chi connectivity index (χ1) is 12.1. The Kier molecular flexibility index (Phi) is 3.65. The van der Waals surface area contributed by atoms with Gasteiger partial charge in [-0.25, -0.2) is 14.2 Å². The normalized spacial score (nSPS) is 11.1. The number of pyridine rings is 2. The third kappa shape index (κ3) is 2.71. The molecule has 0 fully saturated rings. The number of hydrogen-bond donors (Lipinski definition) is 0. The maximum atomic E-state index is 13.5. The molecule has 0 aliphatic heterocycles. The van der Waals surface area contributed by atoms with Crippen molar-refractivity contribution in [2.24, 2.45) is 7.05 Å². The van der Waals surface area contributed by atoms with Crippen LogP contribution in [0.5, 0.6) is 0 Å². The third-order valence-electron chi connectivity index (χ3n) is 4.22. The molecule has 4 aromatic rings. The van der Waals surface area contributed by atoms with Gasteiger partial charge >= 0.3 is 5.69 Å². The first kappa shape index (κ1) is 15.3. The van der Waals surface area contributed by atoms with E-state index in [0.717, 1.165) is 16.7 Å². The molecule has 1 aromatic carbocycles. The summed E-state index contributed by atoms with van der Waals surface area (Å²) < 4.78 is 16.7. The van der Waals surface area contributed by atoms with Crippen LogP contribution in [-0.4, -0.2) is 19.1 Å². The topological polar surface area (TPSA) is 52.7 Å². The van der Waals surface area contributed by atoms with Crippen LogP contribution >= 0.6 is 0 Å². The molecule has 0 radical (unpaired) electrons. The van der Waals surface area contributed by atoms with Gasteiger partial charge in [0.1, 0.15) is 5.82 Å². The van der Waals surface area contributed by atoms with E-state index < -0.39 is 0 Å². The van der Waals surface area contributed by atoms with Gasteiger partial charge in [0.15, 0.2) is 5.65 Å². The number of aromatic nitrogens is 4. The van der Waals surface area contributed by atoms with Crippen LogP contribution in [0.4, 0.5) is 4.39 Å². The molecule has 0 amide bonds. The van der Waals surface area contributed by atoms with Crippen molar-refractivity contribution in [3.8, 4) is 11.1 Å². The van der Waals surface area contributed by atoms with E-state index in [2.05, 4.69) is 9.97 Å². The van der Waals surface area contributed by atoms with Crippen molar-refractivity contribution < 1.29 is 4.39 Å². The van der Waals surface area contributed by atoms with E-state index in [-0.39, 0.29) is 11.5 Å². The quantitative estimate of drug-likeness (QED) is 0.579. The zero-order valence-electron chi connectivity index (χ0n) is 13.6. The van der Waals surface area contributed by atoms with Gasteiger partial charge in [-0.3, -0.25) is 14.1 Å². The first-order valence-corrected chi connectivity index (χ1v) is 7.83. The van der Waals surface area contributed by atoms with E-state index in [1.807, 2.05) is 24.3 Å². The molecule has 4 rings (SSSR count). The van der Waals surface area contributed by atoms with Crippen LogP contribution < -0.4 is 5.69 Å². The van der Waals surface area contributed by atoms with Crippen molar-refractivity contribution in [3.63, 3.8) is 0 Å². The monoisotopic (exact) mass is 334 g/mol. The van der Waals surface area contributed by atoms with Gasteiger partial charge in [-0.2, -0.15) is 0 Å². The molecule has 0 saturated heterocycles.